The van der Waals surface area contributed by atoms with Gasteiger partial charge >= 0.3 is 0 Å². The van der Waals surface area contributed by atoms with Gasteiger partial charge in [0.2, 0.25) is 0 Å². The minimum atomic E-state index is -1.52. The second kappa shape index (κ2) is 4.51. The molecule has 1 atom stereocenters. The van der Waals surface area contributed by atoms with E-state index in [0.29, 0.717) is 21.9 Å². The predicted molar refractivity (Wildman–Crippen MR) is 72.7 cm³/mol. The van der Waals surface area contributed by atoms with E-state index in [1.807, 2.05) is 6.07 Å². The minimum Gasteiger partial charge on any atom is -0.496 e. The molecule has 96 valence electrons. The highest BCUT2D eigenvalue weighted by Crippen LogP contribution is 2.36. The Bertz CT molecular complexity index is 670. The standard InChI is InChI=1S/C14H11NO3S/c1-18-11-8-5-9-12-13(11)14(16)15(19(12)17)10-6-3-2-4-7-10/h2-9H,1H3. The summed E-state index contributed by atoms with van der Waals surface area (Å²) >= 11 is 0. The molecule has 1 aliphatic rings. The lowest BCUT2D eigenvalue weighted by atomic mass is 10.2. The van der Waals surface area contributed by atoms with Crippen LogP contribution in [-0.2, 0) is 11.0 Å². The van der Waals surface area contributed by atoms with Gasteiger partial charge in [-0.1, -0.05) is 24.3 Å². The summed E-state index contributed by atoms with van der Waals surface area (Å²) in [5, 5.41) is 0. The molecule has 0 N–H and O–H groups in total. The average molecular weight is 273 g/mol. The molecule has 2 aromatic rings. The number of carbonyl (C=O) groups excluding carboxylic acids is 1. The quantitative estimate of drug-likeness (QED) is 0.844. The Kier molecular flexibility index (Phi) is 2.83. The van der Waals surface area contributed by atoms with Gasteiger partial charge in [-0.3, -0.25) is 4.79 Å². The van der Waals surface area contributed by atoms with Gasteiger partial charge in [-0.05, 0) is 24.3 Å². The van der Waals surface area contributed by atoms with Crippen molar-refractivity contribution in [2.75, 3.05) is 11.4 Å². The van der Waals surface area contributed by atoms with Crippen LogP contribution in [-0.4, -0.2) is 17.2 Å². The largest absolute Gasteiger partial charge is 0.496 e. The lowest BCUT2D eigenvalue weighted by Crippen LogP contribution is -2.25. The van der Waals surface area contributed by atoms with Crippen LogP contribution in [0.4, 0.5) is 5.69 Å². The Morgan fingerprint density at radius 2 is 1.79 bits per heavy atom. The fourth-order valence-electron chi connectivity index (χ4n) is 2.09. The molecule has 19 heavy (non-hydrogen) atoms. The van der Waals surface area contributed by atoms with E-state index in [1.54, 1.807) is 42.5 Å². The maximum atomic E-state index is 12.4. The van der Waals surface area contributed by atoms with E-state index in [1.165, 1.54) is 11.4 Å². The number of amides is 1. The highest BCUT2D eigenvalue weighted by molar-refractivity contribution is 7.88. The molecule has 0 saturated heterocycles. The summed E-state index contributed by atoms with van der Waals surface area (Å²) in [6.45, 7) is 0. The third-order valence-corrected chi connectivity index (χ3v) is 4.38. The number of methoxy groups -OCH3 is 1. The summed E-state index contributed by atoms with van der Waals surface area (Å²) in [5.74, 6) is 0.159. The number of ether oxygens (including phenoxy) is 1. The molecule has 0 bridgehead atoms. The molecule has 2 aromatic carbocycles. The van der Waals surface area contributed by atoms with Gasteiger partial charge in [-0.2, -0.15) is 0 Å². The summed E-state index contributed by atoms with van der Waals surface area (Å²) in [4.78, 5) is 12.9. The maximum Gasteiger partial charge on any atom is 0.275 e. The van der Waals surface area contributed by atoms with Crippen molar-refractivity contribution in [3.8, 4) is 5.75 Å². The van der Waals surface area contributed by atoms with E-state index in [-0.39, 0.29) is 5.91 Å². The molecule has 1 unspecified atom stereocenters. The minimum absolute atomic E-state index is 0.294. The zero-order valence-corrected chi connectivity index (χ0v) is 11.0. The first-order chi connectivity index (χ1) is 9.24. The molecular weight excluding hydrogens is 262 g/mol. The van der Waals surface area contributed by atoms with Gasteiger partial charge in [0.05, 0.1) is 17.7 Å². The highest BCUT2D eigenvalue weighted by Gasteiger charge is 2.38. The van der Waals surface area contributed by atoms with Crippen molar-refractivity contribution < 1.29 is 13.7 Å². The Labute approximate surface area is 113 Å². The first kappa shape index (κ1) is 11.9. The third kappa shape index (κ3) is 1.74. The van der Waals surface area contributed by atoms with E-state index in [4.69, 9.17) is 4.74 Å². The van der Waals surface area contributed by atoms with Crippen molar-refractivity contribution in [2.45, 2.75) is 4.90 Å². The number of para-hydroxylation sites is 1. The molecule has 4 nitrogen and oxygen atoms in total. The number of carbonyl (C=O) groups is 1. The van der Waals surface area contributed by atoms with E-state index in [2.05, 4.69) is 0 Å². The number of rotatable bonds is 2. The predicted octanol–water partition coefficient (Wildman–Crippen LogP) is 2.38. The van der Waals surface area contributed by atoms with Crippen LogP contribution in [0.5, 0.6) is 5.75 Å². The van der Waals surface area contributed by atoms with Crippen LogP contribution in [0, 0.1) is 0 Å². The van der Waals surface area contributed by atoms with Crippen molar-refractivity contribution in [1.29, 1.82) is 0 Å². The van der Waals surface area contributed by atoms with Gasteiger partial charge in [-0.15, -0.1) is 0 Å². The maximum absolute atomic E-state index is 12.4. The van der Waals surface area contributed by atoms with Gasteiger partial charge < -0.3 is 4.74 Å². The number of fused-ring (bicyclic) bond motifs is 1. The Balaban J connectivity index is 2.15. The van der Waals surface area contributed by atoms with Gasteiger partial charge in [0, 0.05) is 0 Å². The summed E-state index contributed by atoms with van der Waals surface area (Å²) in [6, 6.07) is 14.1. The monoisotopic (exact) mass is 273 g/mol. The number of hydrogen-bond acceptors (Lipinski definition) is 3. The molecule has 1 aliphatic heterocycles. The molecule has 0 spiro atoms. The Morgan fingerprint density at radius 1 is 1.05 bits per heavy atom. The van der Waals surface area contributed by atoms with Crippen molar-refractivity contribution in [3.63, 3.8) is 0 Å². The normalized spacial score (nSPS) is 17.4. The lowest BCUT2D eigenvalue weighted by Gasteiger charge is -2.13. The fraction of sp³-hybridized carbons (Fsp3) is 0.0714. The van der Waals surface area contributed by atoms with E-state index in [0.717, 1.165) is 0 Å². The SMILES string of the molecule is COc1cccc2c1C(=O)N(c1ccccc1)S2=O. The van der Waals surface area contributed by atoms with Crippen LogP contribution >= 0.6 is 0 Å². The number of nitrogens with zero attached hydrogens (tertiary/aromatic N) is 1. The van der Waals surface area contributed by atoms with Crippen molar-refractivity contribution in [1.82, 2.24) is 0 Å². The zero-order chi connectivity index (χ0) is 13.4. The van der Waals surface area contributed by atoms with Gasteiger partial charge in [0.15, 0.2) is 11.0 Å². The average Bonchev–Trinajstić information content (AvgIpc) is 2.72. The molecule has 3 rings (SSSR count). The van der Waals surface area contributed by atoms with E-state index >= 15 is 0 Å². The summed E-state index contributed by atoms with van der Waals surface area (Å²) in [6.07, 6.45) is 0. The molecule has 5 heteroatoms. The topological polar surface area (TPSA) is 46.6 Å². The molecule has 0 aliphatic carbocycles. The van der Waals surface area contributed by atoms with Crippen LogP contribution in [0.3, 0.4) is 0 Å². The van der Waals surface area contributed by atoms with Crippen LogP contribution in [0.25, 0.3) is 0 Å². The molecule has 0 radical (unpaired) electrons. The molecule has 1 heterocycles. The summed E-state index contributed by atoms with van der Waals surface area (Å²) in [7, 11) is -0.0277. The molecule has 0 aromatic heterocycles. The summed E-state index contributed by atoms with van der Waals surface area (Å²) < 4.78 is 18.9. The van der Waals surface area contributed by atoms with Crippen LogP contribution in [0.1, 0.15) is 10.4 Å². The Hall–Kier alpha value is -2.14. The Morgan fingerprint density at radius 3 is 2.47 bits per heavy atom. The molecule has 0 saturated carbocycles. The van der Waals surface area contributed by atoms with E-state index in [9.17, 15) is 9.00 Å². The first-order valence-corrected chi connectivity index (χ1v) is 6.83. The molecule has 0 fully saturated rings. The lowest BCUT2D eigenvalue weighted by molar-refractivity contribution is 0.101. The first-order valence-electron chi connectivity index (χ1n) is 5.72. The summed E-state index contributed by atoms with van der Waals surface area (Å²) in [5.41, 5.74) is 0.997. The number of anilines is 1. The molecule has 1 amide bonds. The highest BCUT2D eigenvalue weighted by atomic mass is 32.2. The zero-order valence-electron chi connectivity index (χ0n) is 10.2. The number of benzene rings is 2. The van der Waals surface area contributed by atoms with Gasteiger partial charge in [-0.25, -0.2) is 8.51 Å². The fourth-order valence-corrected chi connectivity index (χ4v) is 3.40. The number of hydrogen-bond donors (Lipinski definition) is 0. The third-order valence-electron chi connectivity index (χ3n) is 2.95. The van der Waals surface area contributed by atoms with Gasteiger partial charge in [0.1, 0.15) is 11.3 Å². The van der Waals surface area contributed by atoms with Crippen molar-refractivity contribution in [2.24, 2.45) is 0 Å². The van der Waals surface area contributed by atoms with Crippen molar-refractivity contribution >= 4 is 22.6 Å². The van der Waals surface area contributed by atoms with Gasteiger partial charge in [0.25, 0.3) is 5.91 Å². The second-order valence-electron chi connectivity index (χ2n) is 4.02. The van der Waals surface area contributed by atoms with Crippen LogP contribution in [0.15, 0.2) is 53.4 Å². The van der Waals surface area contributed by atoms with Crippen LogP contribution < -0.4 is 9.04 Å². The van der Waals surface area contributed by atoms with Crippen molar-refractivity contribution in [3.05, 3.63) is 54.1 Å². The van der Waals surface area contributed by atoms with E-state index < -0.39 is 11.0 Å². The molecular formula is C14H11NO3S. The second-order valence-corrected chi connectivity index (χ2v) is 5.32. The smallest absolute Gasteiger partial charge is 0.275 e. The van der Waals surface area contributed by atoms with Crippen LogP contribution in [0.2, 0.25) is 0 Å².